The Bertz CT molecular complexity index is 508. The zero-order valence-electron chi connectivity index (χ0n) is 11.5. The number of piperidine rings is 1. The average Bonchev–Trinajstić information content (AvgIpc) is 2.47. The Morgan fingerprint density at radius 2 is 2.25 bits per heavy atom. The van der Waals surface area contributed by atoms with Crippen molar-refractivity contribution in [1.82, 2.24) is 20.2 Å². The minimum atomic E-state index is -1.31. The van der Waals surface area contributed by atoms with E-state index >= 15 is 0 Å². The number of carbonyl (C=O) groups is 2. The van der Waals surface area contributed by atoms with Crippen LogP contribution in [0.2, 0.25) is 0 Å². The molecule has 0 bridgehead atoms. The highest BCUT2D eigenvalue weighted by Gasteiger charge is 2.54. The van der Waals surface area contributed by atoms with Gasteiger partial charge in [-0.2, -0.15) is 0 Å². The fraction of sp³-hybridized carbons (Fsp3) is 0.538. The number of carboxylic acid groups (broad SMARTS) is 1. The highest BCUT2D eigenvalue weighted by molar-refractivity contribution is 5.90. The quantitative estimate of drug-likeness (QED) is 0.835. The lowest BCUT2D eigenvalue weighted by Crippen LogP contribution is -2.63. The molecule has 2 rings (SSSR count). The number of hydrogen-bond donors (Lipinski definition) is 2. The molecule has 0 spiro atoms. The average molecular weight is 278 g/mol. The number of carbonyl (C=O) groups excluding carboxylic acids is 1. The second kappa shape index (κ2) is 5.44. The van der Waals surface area contributed by atoms with E-state index in [9.17, 15) is 14.7 Å². The van der Waals surface area contributed by atoms with Gasteiger partial charge in [-0.3, -0.25) is 19.7 Å². The second-order valence-corrected chi connectivity index (χ2v) is 4.91. The molecule has 0 saturated carbocycles. The molecule has 20 heavy (non-hydrogen) atoms. The Morgan fingerprint density at radius 1 is 1.50 bits per heavy atom. The topological polar surface area (TPSA) is 95.4 Å². The lowest BCUT2D eigenvalue weighted by Gasteiger charge is -2.47. The molecule has 7 heteroatoms. The third-order valence-electron chi connectivity index (χ3n) is 3.92. The summed E-state index contributed by atoms with van der Waals surface area (Å²) in [6, 6.07) is 0. The van der Waals surface area contributed by atoms with Crippen LogP contribution in [0.1, 0.15) is 25.5 Å². The summed E-state index contributed by atoms with van der Waals surface area (Å²) in [5.41, 5.74) is -0.943. The number of likely N-dealkylation sites (tertiary alicyclic amines) is 1. The van der Waals surface area contributed by atoms with E-state index < -0.39 is 11.6 Å². The van der Waals surface area contributed by atoms with Gasteiger partial charge in [0, 0.05) is 26.0 Å². The van der Waals surface area contributed by atoms with Crippen molar-refractivity contribution < 1.29 is 14.7 Å². The number of nitrogens with one attached hydrogen (secondary N) is 1. The van der Waals surface area contributed by atoms with Crippen LogP contribution in [0.5, 0.6) is 0 Å². The smallest absolute Gasteiger partial charge is 0.408 e. The van der Waals surface area contributed by atoms with E-state index in [4.69, 9.17) is 0 Å². The van der Waals surface area contributed by atoms with Crippen LogP contribution < -0.4 is 5.32 Å². The molecular formula is C13H18N4O3. The molecule has 2 unspecified atom stereocenters. The first-order valence-corrected chi connectivity index (χ1v) is 6.54. The maximum atomic E-state index is 12.5. The summed E-state index contributed by atoms with van der Waals surface area (Å²) in [4.78, 5) is 33.5. The normalized spacial score (nSPS) is 26.1. The fourth-order valence-corrected chi connectivity index (χ4v) is 2.99. The van der Waals surface area contributed by atoms with Crippen molar-refractivity contribution in [3.05, 3.63) is 24.3 Å². The SMILES string of the molecule is CNC(=O)C1(c2cnccn2)C(C)CCCN1C(=O)O. The minimum absolute atomic E-state index is 0.177. The third-order valence-corrected chi connectivity index (χ3v) is 3.92. The van der Waals surface area contributed by atoms with Crippen LogP contribution in [0.3, 0.4) is 0 Å². The first-order valence-electron chi connectivity index (χ1n) is 6.54. The Balaban J connectivity index is 2.65. The summed E-state index contributed by atoms with van der Waals surface area (Å²) < 4.78 is 0. The van der Waals surface area contributed by atoms with Crippen molar-refractivity contribution >= 4 is 12.0 Å². The van der Waals surface area contributed by atoms with Crippen molar-refractivity contribution in [3.63, 3.8) is 0 Å². The minimum Gasteiger partial charge on any atom is -0.465 e. The predicted octanol–water partition coefficient (Wildman–Crippen LogP) is 0.828. The molecule has 2 atom stereocenters. The zero-order chi connectivity index (χ0) is 14.8. The molecule has 2 N–H and O–H groups in total. The monoisotopic (exact) mass is 278 g/mol. The number of aromatic nitrogens is 2. The van der Waals surface area contributed by atoms with Gasteiger partial charge >= 0.3 is 6.09 Å². The largest absolute Gasteiger partial charge is 0.465 e. The van der Waals surface area contributed by atoms with Gasteiger partial charge in [-0.05, 0) is 18.8 Å². The number of rotatable bonds is 2. The van der Waals surface area contributed by atoms with Crippen LogP contribution in [0.4, 0.5) is 4.79 Å². The van der Waals surface area contributed by atoms with E-state index in [2.05, 4.69) is 15.3 Å². The van der Waals surface area contributed by atoms with Crippen molar-refractivity contribution in [3.8, 4) is 0 Å². The van der Waals surface area contributed by atoms with E-state index in [1.54, 1.807) is 0 Å². The van der Waals surface area contributed by atoms with Crippen LogP contribution in [0.25, 0.3) is 0 Å². The molecule has 0 radical (unpaired) electrons. The number of amides is 2. The highest BCUT2D eigenvalue weighted by atomic mass is 16.4. The predicted molar refractivity (Wildman–Crippen MR) is 70.9 cm³/mol. The molecule has 1 aromatic rings. The number of hydrogen-bond acceptors (Lipinski definition) is 4. The lowest BCUT2D eigenvalue weighted by atomic mass is 9.74. The van der Waals surface area contributed by atoms with E-state index in [1.165, 1.54) is 30.5 Å². The summed E-state index contributed by atoms with van der Waals surface area (Å²) in [6.07, 6.45) is 4.81. The fourth-order valence-electron chi connectivity index (χ4n) is 2.99. The van der Waals surface area contributed by atoms with E-state index in [1.807, 2.05) is 6.92 Å². The molecule has 0 aliphatic carbocycles. The van der Waals surface area contributed by atoms with Crippen molar-refractivity contribution in [2.24, 2.45) is 5.92 Å². The second-order valence-electron chi connectivity index (χ2n) is 4.91. The van der Waals surface area contributed by atoms with Gasteiger partial charge in [0.15, 0.2) is 5.54 Å². The molecular weight excluding hydrogens is 260 g/mol. The van der Waals surface area contributed by atoms with Gasteiger partial charge in [-0.1, -0.05) is 6.92 Å². The summed E-state index contributed by atoms with van der Waals surface area (Å²) in [5, 5.41) is 12.1. The zero-order valence-corrected chi connectivity index (χ0v) is 11.5. The summed E-state index contributed by atoms with van der Waals surface area (Å²) in [7, 11) is 1.50. The van der Waals surface area contributed by atoms with Gasteiger partial charge < -0.3 is 10.4 Å². The van der Waals surface area contributed by atoms with Gasteiger partial charge in [0.2, 0.25) is 0 Å². The van der Waals surface area contributed by atoms with Gasteiger partial charge in [0.1, 0.15) is 0 Å². The van der Waals surface area contributed by atoms with Gasteiger partial charge in [-0.25, -0.2) is 4.79 Å². The number of likely N-dealkylation sites (N-methyl/N-ethyl adjacent to an activating group) is 1. The maximum Gasteiger partial charge on any atom is 0.408 e. The first kappa shape index (κ1) is 14.2. The molecule has 7 nitrogen and oxygen atoms in total. The van der Waals surface area contributed by atoms with E-state index in [0.29, 0.717) is 12.2 Å². The van der Waals surface area contributed by atoms with Crippen molar-refractivity contribution in [2.45, 2.75) is 25.3 Å². The molecule has 1 saturated heterocycles. The molecule has 1 aliphatic rings. The molecule has 1 aromatic heterocycles. The van der Waals surface area contributed by atoms with Crippen LogP contribution in [-0.4, -0.2) is 45.6 Å². The maximum absolute atomic E-state index is 12.5. The Morgan fingerprint density at radius 3 is 2.80 bits per heavy atom. The molecule has 2 heterocycles. The Kier molecular flexibility index (Phi) is 3.87. The third kappa shape index (κ3) is 1.99. The molecule has 108 valence electrons. The van der Waals surface area contributed by atoms with E-state index in [-0.39, 0.29) is 11.8 Å². The van der Waals surface area contributed by atoms with Gasteiger partial charge in [0.25, 0.3) is 5.91 Å². The highest BCUT2D eigenvalue weighted by Crippen LogP contribution is 2.41. The molecule has 1 aliphatic heterocycles. The standard InChI is InChI=1S/C13H18N4O3/c1-9-4-3-7-17(12(19)20)13(9,11(18)14-2)10-8-15-5-6-16-10/h5-6,8-9H,3-4,7H2,1-2H3,(H,14,18)(H,19,20). The van der Waals surface area contributed by atoms with Gasteiger partial charge in [0.05, 0.1) is 11.9 Å². The molecule has 0 aromatic carbocycles. The summed E-state index contributed by atoms with van der Waals surface area (Å²) in [6.45, 7) is 2.18. The molecule has 2 amide bonds. The molecule has 1 fully saturated rings. The Labute approximate surface area is 117 Å². The Hall–Kier alpha value is -2.18. The van der Waals surface area contributed by atoms with Crippen molar-refractivity contribution in [2.75, 3.05) is 13.6 Å². The van der Waals surface area contributed by atoms with Gasteiger partial charge in [-0.15, -0.1) is 0 Å². The van der Waals surface area contributed by atoms with Crippen LogP contribution in [0, 0.1) is 5.92 Å². The first-order chi connectivity index (χ1) is 9.55. The van der Waals surface area contributed by atoms with Crippen molar-refractivity contribution in [1.29, 1.82) is 0 Å². The summed E-state index contributed by atoms with van der Waals surface area (Å²) in [5.74, 6) is -0.545. The van der Waals surface area contributed by atoms with Crippen LogP contribution in [0.15, 0.2) is 18.6 Å². The summed E-state index contributed by atoms with van der Waals surface area (Å²) >= 11 is 0. The number of nitrogens with zero attached hydrogens (tertiary/aromatic N) is 3. The lowest BCUT2D eigenvalue weighted by molar-refractivity contribution is -0.139. The van der Waals surface area contributed by atoms with Crippen LogP contribution in [-0.2, 0) is 10.3 Å². The van der Waals surface area contributed by atoms with E-state index in [0.717, 1.165) is 12.8 Å². The van der Waals surface area contributed by atoms with Crippen LogP contribution >= 0.6 is 0 Å².